The van der Waals surface area contributed by atoms with Crippen LogP contribution in [0.4, 0.5) is 23.7 Å². The number of carbonyl (C=O) groups excluding carboxylic acids is 1. The Morgan fingerprint density at radius 1 is 1.00 bits per heavy atom. The minimum absolute atomic E-state index is 0.258. The third-order valence-electron chi connectivity index (χ3n) is 6.48. The Hall–Kier alpha value is -4.45. The van der Waals surface area contributed by atoms with Gasteiger partial charge in [0.15, 0.2) is 10.9 Å². The summed E-state index contributed by atoms with van der Waals surface area (Å²) in [5.41, 5.74) is 5.69. The highest BCUT2D eigenvalue weighted by molar-refractivity contribution is 7.80. The van der Waals surface area contributed by atoms with E-state index in [-0.39, 0.29) is 16.9 Å². The predicted octanol–water partition coefficient (Wildman–Crippen LogP) is 7.11. The van der Waals surface area contributed by atoms with Gasteiger partial charge in [-0.05, 0) is 91.8 Å². The number of nitrogens with one attached hydrogen (secondary N) is 3. The number of unbranched alkanes of at least 4 members (excludes halogenated alkanes) is 1. The Morgan fingerprint density at radius 2 is 1.74 bits per heavy atom. The molecule has 12 heteroatoms. The third-order valence-corrected chi connectivity index (χ3v) is 6.68. The third kappa shape index (κ3) is 9.81. The van der Waals surface area contributed by atoms with Gasteiger partial charge in [0.25, 0.3) is 0 Å². The Balaban J connectivity index is 1.18. The average Bonchev–Trinajstić information content (AvgIpc) is 3.45. The van der Waals surface area contributed by atoms with Crippen molar-refractivity contribution in [2.45, 2.75) is 52.3 Å². The summed E-state index contributed by atoms with van der Waals surface area (Å²) in [6.45, 7) is 4.65. The van der Waals surface area contributed by atoms with E-state index in [9.17, 15) is 18.0 Å². The first kappa shape index (κ1) is 31.5. The number of anilines is 1. The fourth-order valence-electron chi connectivity index (χ4n) is 4.39. The summed E-state index contributed by atoms with van der Waals surface area (Å²) in [4.78, 5) is 16.6. The quantitative estimate of drug-likeness (QED) is 0.124. The SMILES string of the molecule is CCCc1ccc(C)cc1NC(=S)NC(=O)NCCCCc1ccc(-c2ncn(-c3ccc(OC(F)(F)F)cc3)n2)cc1. The number of nitrogens with zero attached hydrogens (tertiary/aromatic N) is 3. The Labute approximate surface area is 253 Å². The minimum atomic E-state index is -4.74. The molecule has 0 saturated carbocycles. The van der Waals surface area contributed by atoms with Gasteiger partial charge in [-0.25, -0.2) is 14.5 Å². The number of alkyl halides is 3. The van der Waals surface area contributed by atoms with Crippen LogP contribution in [0.2, 0.25) is 0 Å². The largest absolute Gasteiger partial charge is 0.573 e. The molecule has 8 nitrogen and oxygen atoms in total. The molecule has 4 aromatic rings. The number of halogens is 3. The number of carbonyl (C=O) groups is 1. The second kappa shape index (κ2) is 14.6. The molecule has 0 atom stereocenters. The second-order valence-electron chi connectivity index (χ2n) is 9.95. The lowest BCUT2D eigenvalue weighted by atomic mass is 10.1. The van der Waals surface area contributed by atoms with Crippen LogP contribution in [0.15, 0.2) is 73.1 Å². The van der Waals surface area contributed by atoms with Gasteiger partial charge in [-0.1, -0.05) is 49.7 Å². The average molecular weight is 611 g/mol. The molecule has 0 aliphatic carbocycles. The number of hydrogen-bond donors (Lipinski definition) is 3. The molecule has 0 aliphatic heterocycles. The Morgan fingerprint density at radius 3 is 2.44 bits per heavy atom. The van der Waals surface area contributed by atoms with Gasteiger partial charge in [-0.15, -0.1) is 18.3 Å². The number of rotatable bonds is 11. The van der Waals surface area contributed by atoms with Crippen LogP contribution in [-0.4, -0.2) is 38.8 Å². The highest BCUT2D eigenvalue weighted by atomic mass is 32.1. The van der Waals surface area contributed by atoms with E-state index in [4.69, 9.17) is 12.2 Å². The van der Waals surface area contributed by atoms with Gasteiger partial charge in [0, 0.05) is 17.8 Å². The molecule has 0 spiro atoms. The van der Waals surface area contributed by atoms with Crippen LogP contribution in [0.25, 0.3) is 17.1 Å². The van der Waals surface area contributed by atoms with Gasteiger partial charge >= 0.3 is 12.4 Å². The number of benzene rings is 3. The monoisotopic (exact) mass is 610 g/mol. The number of amides is 2. The van der Waals surface area contributed by atoms with Gasteiger partial charge in [0.05, 0.1) is 5.69 Å². The summed E-state index contributed by atoms with van der Waals surface area (Å²) in [7, 11) is 0. The predicted molar refractivity (Wildman–Crippen MR) is 164 cm³/mol. The van der Waals surface area contributed by atoms with E-state index in [1.807, 2.05) is 37.3 Å². The smallest absolute Gasteiger partial charge is 0.406 e. The maximum atomic E-state index is 12.4. The molecule has 226 valence electrons. The first-order valence-corrected chi connectivity index (χ1v) is 14.3. The molecule has 0 bridgehead atoms. The molecule has 0 aliphatic rings. The second-order valence-corrected chi connectivity index (χ2v) is 10.4. The molecule has 0 fully saturated rings. The van der Waals surface area contributed by atoms with E-state index in [0.717, 1.165) is 60.0 Å². The normalized spacial score (nSPS) is 11.2. The van der Waals surface area contributed by atoms with Gasteiger partial charge in [-0.3, -0.25) is 5.32 Å². The van der Waals surface area contributed by atoms with Crippen LogP contribution in [-0.2, 0) is 12.8 Å². The molecule has 2 amide bonds. The van der Waals surface area contributed by atoms with E-state index in [0.29, 0.717) is 18.1 Å². The highest BCUT2D eigenvalue weighted by Gasteiger charge is 2.31. The lowest BCUT2D eigenvalue weighted by Crippen LogP contribution is -2.42. The van der Waals surface area contributed by atoms with Crippen LogP contribution < -0.4 is 20.7 Å². The summed E-state index contributed by atoms with van der Waals surface area (Å²) >= 11 is 5.33. The van der Waals surface area contributed by atoms with Crippen LogP contribution in [0, 0.1) is 6.92 Å². The van der Waals surface area contributed by atoms with Crippen LogP contribution in [0.1, 0.15) is 42.9 Å². The van der Waals surface area contributed by atoms with Crippen molar-refractivity contribution in [2.75, 3.05) is 11.9 Å². The van der Waals surface area contributed by atoms with Gasteiger partial charge < -0.3 is 15.4 Å². The molecule has 3 N–H and O–H groups in total. The number of thiocarbonyl (C=S) groups is 1. The van der Waals surface area contributed by atoms with E-state index in [1.54, 1.807) is 0 Å². The topological polar surface area (TPSA) is 93.1 Å². The molecule has 0 saturated heterocycles. The van der Waals surface area contributed by atoms with Crippen LogP contribution in [0.5, 0.6) is 5.75 Å². The number of aromatic nitrogens is 3. The van der Waals surface area contributed by atoms with Crippen molar-refractivity contribution < 1.29 is 22.7 Å². The van der Waals surface area contributed by atoms with Crippen molar-refractivity contribution in [3.63, 3.8) is 0 Å². The Kier molecular flexibility index (Phi) is 10.7. The zero-order chi connectivity index (χ0) is 30.8. The first-order chi connectivity index (χ1) is 20.6. The van der Waals surface area contributed by atoms with Crippen molar-refractivity contribution >= 4 is 29.0 Å². The number of urea groups is 1. The maximum absolute atomic E-state index is 12.4. The van der Waals surface area contributed by atoms with Crippen molar-refractivity contribution in [1.29, 1.82) is 0 Å². The molecule has 0 radical (unpaired) electrons. The zero-order valence-electron chi connectivity index (χ0n) is 23.9. The molecule has 1 heterocycles. The van der Waals surface area contributed by atoms with Crippen LogP contribution in [0.3, 0.4) is 0 Å². The summed E-state index contributed by atoms with van der Waals surface area (Å²) in [6.07, 6.45) is 1.21. The first-order valence-electron chi connectivity index (χ1n) is 13.9. The molecule has 4 rings (SSSR count). The van der Waals surface area contributed by atoms with E-state index < -0.39 is 6.36 Å². The van der Waals surface area contributed by atoms with Crippen molar-refractivity contribution in [3.05, 3.63) is 89.7 Å². The molecular formula is C31H33F3N6O2S. The van der Waals surface area contributed by atoms with Gasteiger partial charge in [0.1, 0.15) is 12.1 Å². The van der Waals surface area contributed by atoms with Crippen molar-refractivity contribution in [2.24, 2.45) is 0 Å². The molecule has 43 heavy (non-hydrogen) atoms. The maximum Gasteiger partial charge on any atom is 0.573 e. The minimum Gasteiger partial charge on any atom is -0.406 e. The summed E-state index contributed by atoms with van der Waals surface area (Å²) in [5, 5.41) is 13.3. The lowest BCUT2D eigenvalue weighted by molar-refractivity contribution is -0.274. The molecular weight excluding hydrogens is 577 g/mol. The number of hydrogen-bond acceptors (Lipinski definition) is 5. The van der Waals surface area contributed by atoms with E-state index in [1.165, 1.54) is 35.3 Å². The fraction of sp³-hybridized carbons (Fsp3) is 0.290. The standard InChI is InChI=1S/C31H33F3N6O2S/c1-3-6-23-11-8-21(2)19-27(23)37-30(43)38-29(41)35-18-5-4-7-22-9-12-24(13-10-22)28-36-20-40(39-28)25-14-16-26(17-15-25)42-31(32,33)34/h8-17,19-20H,3-7,18H2,1-2H3,(H3,35,37,38,41,43). The number of aryl methyl sites for hydroxylation is 3. The molecule has 3 aromatic carbocycles. The zero-order valence-corrected chi connectivity index (χ0v) is 24.7. The van der Waals surface area contributed by atoms with Crippen LogP contribution >= 0.6 is 12.2 Å². The van der Waals surface area contributed by atoms with Crippen molar-refractivity contribution in [3.8, 4) is 22.8 Å². The summed E-state index contributed by atoms with van der Waals surface area (Å²) < 4.78 is 42.5. The van der Waals surface area contributed by atoms with Gasteiger partial charge in [-0.2, -0.15) is 0 Å². The molecule has 0 unspecified atom stereocenters. The van der Waals surface area contributed by atoms with Gasteiger partial charge in [0.2, 0.25) is 0 Å². The van der Waals surface area contributed by atoms with E-state index in [2.05, 4.69) is 49.8 Å². The highest BCUT2D eigenvalue weighted by Crippen LogP contribution is 2.24. The lowest BCUT2D eigenvalue weighted by Gasteiger charge is -2.14. The number of ether oxygens (including phenoxy) is 1. The molecule has 1 aromatic heterocycles. The Bertz CT molecular complexity index is 1520. The van der Waals surface area contributed by atoms with E-state index >= 15 is 0 Å². The summed E-state index contributed by atoms with van der Waals surface area (Å²) in [5.74, 6) is 0.191. The van der Waals surface area contributed by atoms with Crippen molar-refractivity contribution in [1.82, 2.24) is 25.4 Å². The fourth-order valence-corrected chi connectivity index (χ4v) is 4.59. The summed E-state index contributed by atoms with van der Waals surface area (Å²) in [6, 6.07) is 19.1.